The third-order valence-electron chi connectivity index (χ3n) is 2.89. The fraction of sp³-hybridized carbons (Fsp3) is 0.733. The molecule has 5 heteroatoms. The third kappa shape index (κ3) is 5.74. The van der Waals surface area contributed by atoms with Gasteiger partial charge in [0.05, 0.1) is 0 Å². The first kappa shape index (κ1) is 16.7. The molecular formula is C15H28N4O. The van der Waals surface area contributed by atoms with Crippen LogP contribution in [0.5, 0.6) is 0 Å². The lowest BCUT2D eigenvalue weighted by atomic mass is 10.1. The van der Waals surface area contributed by atoms with Crippen molar-refractivity contribution in [3.05, 3.63) is 11.9 Å². The van der Waals surface area contributed by atoms with Crippen molar-refractivity contribution >= 4 is 11.6 Å². The van der Waals surface area contributed by atoms with Crippen molar-refractivity contribution in [3.63, 3.8) is 0 Å². The molecule has 0 saturated heterocycles. The molecule has 0 spiro atoms. The van der Waals surface area contributed by atoms with Gasteiger partial charge < -0.3 is 15.4 Å². The molecule has 1 heterocycles. The zero-order chi connectivity index (χ0) is 14.8. The molecule has 20 heavy (non-hydrogen) atoms. The van der Waals surface area contributed by atoms with Crippen molar-refractivity contribution in [2.24, 2.45) is 5.92 Å². The SMILES string of the molecule is CCCc1c(NC)ncnc1NCCCOCC(C)C. The van der Waals surface area contributed by atoms with E-state index in [4.69, 9.17) is 4.74 Å². The number of rotatable bonds is 10. The summed E-state index contributed by atoms with van der Waals surface area (Å²) in [5.74, 6) is 2.45. The minimum absolute atomic E-state index is 0.596. The first-order valence-electron chi connectivity index (χ1n) is 7.52. The lowest BCUT2D eigenvalue weighted by Gasteiger charge is -2.13. The fourth-order valence-electron chi connectivity index (χ4n) is 1.97. The van der Waals surface area contributed by atoms with Gasteiger partial charge >= 0.3 is 0 Å². The second-order valence-electron chi connectivity index (χ2n) is 5.30. The van der Waals surface area contributed by atoms with Gasteiger partial charge in [-0.1, -0.05) is 27.2 Å². The van der Waals surface area contributed by atoms with E-state index in [1.165, 1.54) is 5.56 Å². The topological polar surface area (TPSA) is 59.1 Å². The molecule has 1 rings (SSSR count). The molecule has 0 aliphatic heterocycles. The Bertz CT molecular complexity index is 382. The lowest BCUT2D eigenvalue weighted by molar-refractivity contribution is 0.110. The number of hydrogen-bond acceptors (Lipinski definition) is 5. The van der Waals surface area contributed by atoms with Gasteiger partial charge in [-0.05, 0) is 18.8 Å². The van der Waals surface area contributed by atoms with Crippen LogP contribution in [0.1, 0.15) is 39.2 Å². The summed E-state index contributed by atoms with van der Waals surface area (Å²) in [5.41, 5.74) is 1.17. The first-order valence-corrected chi connectivity index (χ1v) is 7.52. The van der Waals surface area contributed by atoms with Crippen molar-refractivity contribution in [3.8, 4) is 0 Å². The number of aromatic nitrogens is 2. The van der Waals surface area contributed by atoms with E-state index in [2.05, 4.69) is 41.4 Å². The maximum Gasteiger partial charge on any atom is 0.134 e. The number of nitrogens with zero attached hydrogens (tertiary/aromatic N) is 2. The van der Waals surface area contributed by atoms with Gasteiger partial charge in [-0.15, -0.1) is 0 Å². The minimum atomic E-state index is 0.596. The van der Waals surface area contributed by atoms with Crippen LogP contribution in [-0.4, -0.2) is 36.8 Å². The summed E-state index contributed by atoms with van der Waals surface area (Å²) in [4.78, 5) is 8.62. The van der Waals surface area contributed by atoms with E-state index < -0.39 is 0 Å². The number of ether oxygens (including phenoxy) is 1. The van der Waals surface area contributed by atoms with Gasteiger partial charge in [0.2, 0.25) is 0 Å². The molecule has 0 bridgehead atoms. The Balaban J connectivity index is 2.42. The number of hydrogen-bond donors (Lipinski definition) is 2. The lowest BCUT2D eigenvalue weighted by Crippen LogP contribution is -2.12. The van der Waals surface area contributed by atoms with Crippen LogP contribution in [0, 0.1) is 5.92 Å². The van der Waals surface area contributed by atoms with Gasteiger partial charge in [0.25, 0.3) is 0 Å². The summed E-state index contributed by atoms with van der Waals surface area (Å²) in [5, 5.41) is 6.52. The molecule has 0 aliphatic carbocycles. The van der Waals surface area contributed by atoms with Gasteiger partial charge in [0.15, 0.2) is 0 Å². The largest absolute Gasteiger partial charge is 0.381 e. The Morgan fingerprint density at radius 2 is 2.00 bits per heavy atom. The Kier molecular flexibility index (Phi) is 7.95. The predicted octanol–water partition coefficient (Wildman–Crippen LogP) is 2.95. The molecule has 2 N–H and O–H groups in total. The van der Waals surface area contributed by atoms with Gasteiger partial charge in [0, 0.05) is 32.4 Å². The summed E-state index contributed by atoms with van der Waals surface area (Å²) in [6.07, 6.45) is 4.64. The van der Waals surface area contributed by atoms with Crippen LogP contribution in [0.25, 0.3) is 0 Å². The van der Waals surface area contributed by atoms with Gasteiger partial charge in [-0.25, -0.2) is 9.97 Å². The van der Waals surface area contributed by atoms with E-state index in [0.29, 0.717) is 5.92 Å². The van der Waals surface area contributed by atoms with Gasteiger partial charge in [0.1, 0.15) is 18.0 Å². The second-order valence-corrected chi connectivity index (χ2v) is 5.30. The monoisotopic (exact) mass is 280 g/mol. The van der Waals surface area contributed by atoms with Crippen LogP contribution in [0.4, 0.5) is 11.6 Å². The van der Waals surface area contributed by atoms with Gasteiger partial charge in [-0.2, -0.15) is 0 Å². The molecule has 0 atom stereocenters. The molecular weight excluding hydrogens is 252 g/mol. The quantitative estimate of drug-likeness (QED) is 0.645. The van der Waals surface area contributed by atoms with Gasteiger partial charge in [-0.3, -0.25) is 0 Å². The Labute approximate surface area is 122 Å². The second kappa shape index (κ2) is 9.53. The molecule has 0 fully saturated rings. The first-order chi connectivity index (χ1) is 9.69. The van der Waals surface area contributed by atoms with Crippen molar-refractivity contribution in [1.82, 2.24) is 9.97 Å². The average Bonchev–Trinajstić information content (AvgIpc) is 2.44. The van der Waals surface area contributed by atoms with Crippen molar-refractivity contribution in [1.29, 1.82) is 0 Å². The van der Waals surface area contributed by atoms with Crippen LogP contribution in [-0.2, 0) is 11.2 Å². The van der Waals surface area contributed by atoms with E-state index >= 15 is 0 Å². The van der Waals surface area contributed by atoms with Crippen molar-refractivity contribution in [2.45, 2.75) is 40.0 Å². The molecule has 0 unspecified atom stereocenters. The van der Waals surface area contributed by atoms with Crippen molar-refractivity contribution < 1.29 is 4.74 Å². The summed E-state index contributed by atoms with van der Waals surface area (Å²) < 4.78 is 5.57. The van der Waals surface area contributed by atoms with E-state index in [0.717, 1.165) is 50.7 Å². The molecule has 0 saturated carbocycles. The van der Waals surface area contributed by atoms with Crippen LogP contribution >= 0.6 is 0 Å². The number of anilines is 2. The molecule has 0 aliphatic rings. The van der Waals surface area contributed by atoms with E-state index in [-0.39, 0.29) is 0 Å². The maximum absolute atomic E-state index is 5.57. The molecule has 114 valence electrons. The fourth-order valence-corrected chi connectivity index (χ4v) is 1.97. The summed E-state index contributed by atoms with van der Waals surface area (Å²) in [6.45, 7) is 8.98. The highest BCUT2D eigenvalue weighted by Crippen LogP contribution is 2.20. The van der Waals surface area contributed by atoms with E-state index in [9.17, 15) is 0 Å². The Hall–Kier alpha value is -1.36. The van der Waals surface area contributed by atoms with E-state index in [1.54, 1.807) is 6.33 Å². The summed E-state index contributed by atoms with van der Waals surface area (Å²) in [7, 11) is 1.89. The zero-order valence-corrected chi connectivity index (χ0v) is 13.2. The van der Waals surface area contributed by atoms with Crippen LogP contribution in [0.3, 0.4) is 0 Å². The smallest absolute Gasteiger partial charge is 0.134 e. The summed E-state index contributed by atoms with van der Waals surface area (Å²) in [6, 6.07) is 0. The van der Waals surface area contributed by atoms with E-state index in [1.807, 2.05) is 7.05 Å². The third-order valence-corrected chi connectivity index (χ3v) is 2.89. The minimum Gasteiger partial charge on any atom is -0.381 e. The number of nitrogens with one attached hydrogen (secondary N) is 2. The predicted molar refractivity (Wildman–Crippen MR) is 84.3 cm³/mol. The van der Waals surface area contributed by atoms with Crippen LogP contribution < -0.4 is 10.6 Å². The molecule has 0 aromatic carbocycles. The van der Waals surface area contributed by atoms with Crippen molar-refractivity contribution in [2.75, 3.05) is 37.4 Å². The highest BCUT2D eigenvalue weighted by molar-refractivity contribution is 5.57. The zero-order valence-electron chi connectivity index (χ0n) is 13.2. The Morgan fingerprint density at radius 3 is 2.65 bits per heavy atom. The summed E-state index contributed by atoms with van der Waals surface area (Å²) >= 11 is 0. The molecule has 1 aromatic heterocycles. The maximum atomic E-state index is 5.57. The highest BCUT2D eigenvalue weighted by Gasteiger charge is 2.08. The molecule has 0 radical (unpaired) electrons. The van der Waals surface area contributed by atoms with Crippen LogP contribution in [0.2, 0.25) is 0 Å². The molecule has 0 amide bonds. The highest BCUT2D eigenvalue weighted by atomic mass is 16.5. The normalized spacial score (nSPS) is 10.8. The molecule has 5 nitrogen and oxygen atoms in total. The van der Waals surface area contributed by atoms with Crippen LogP contribution in [0.15, 0.2) is 6.33 Å². The average molecular weight is 280 g/mol. The molecule has 1 aromatic rings. The Morgan fingerprint density at radius 1 is 1.25 bits per heavy atom. The standard InChI is InChI=1S/C15H28N4O/c1-5-7-13-14(16-4)18-11-19-15(13)17-8-6-9-20-10-12(2)3/h11-12H,5-10H2,1-4H3,(H2,16,17,18,19).